The maximum Gasteiger partial charge on any atom is 0.195 e. The van der Waals surface area contributed by atoms with Crippen LogP contribution in [0.15, 0.2) is 41.3 Å². The largest absolute Gasteiger partial charge is 0.507 e. The molecular weight excluding hydrogens is 196 g/mol. The molecular formula is C11H11O2S+. The van der Waals surface area contributed by atoms with Crippen LogP contribution >= 0.6 is 0 Å². The van der Waals surface area contributed by atoms with Crippen LogP contribution in [-0.4, -0.2) is 12.2 Å². The van der Waals surface area contributed by atoms with Gasteiger partial charge in [0.15, 0.2) is 16.9 Å². The predicted molar refractivity (Wildman–Crippen MR) is 59.6 cm³/mol. The fourth-order valence-corrected chi connectivity index (χ4v) is 2.07. The van der Waals surface area contributed by atoms with E-state index in [4.69, 9.17) is 4.18 Å². The maximum absolute atomic E-state index is 9.62. The molecule has 0 aliphatic carbocycles. The number of phenols is 1. The van der Waals surface area contributed by atoms with Crippen LogP contribution in [0.4, 0.5) is 0 Å². The molecule has 0 aliphatic heterocycles. The molecule has 0 heterocycles. The molecule has 2 nitrogen and oxygen atoms in total. The van der Waals surface area contributed by atoms with Crippen LogP contribution in [0.2, 0.25) is 0 Å². The van der Waals surface area contributed by atoms with Crippen molar-refractivity contribution in [3.05, 3.63) is 36.4 Å². The Hall–Kier alpha value is -1.19. The minimum Gasteiger partial charge on any atom is -0.507 e. The van der Waals surface area contributed by atoms with Gasteiger partial charge in [0.1, 0.15) is 5.75 Å². The van der Waals surface area contributed by atoms with Crippen molar-refractivity contribution >= 4 is 22.8 Å². The number of benzene rings is 2. The molecule has 3 heteroatoms. The van der Waals surface area contributed by atoms with E-state index in [9.17, 15) is 5.11 Å². The summed E-state index contributed by atoms with van der Waals surface area (Å²) >= 11 is 0.814. The molecule has 14 heavy (non-hydrogen) atoms. The van der Waals surface area contributed by atoms with Crippen molar-refractivity contribution in [3.8, 4) is 5.75 Å². The van der Waals surface area contributed by atoms with Crippen molar-refractivity contribution in [3.63, 3.8) is 0 Å². The van der Waals surface area contributed by atoms with Crippen LogP contribution in [0.25, 0.3) is 10.8 Å². The summed E-state index contributed by atoms with van der Waals surface area (Å²) in [5, 5.41) is 11.5. The smallest absolute Gasteiger partial charge is 0.195 e. The van der Waals surface area contributed by atoms with Gasteiger partial charge in [-0.1, -0.05) is 18.2 Å². The minimum absolute atomic E-state index is 0.315. The zero-order valence-electron chi connectivity index (χ0n) is 7.77. The van der Waals surface area contributed by atoms with Crippen LogP contribution in [-0.2, 0) is 16.2 Å². The van der Waals surface area contributed by atoms with Gasteiger partial charge in [0.05, 0.1) is 7.11 Å². The molecule has 0 saturated carbocycles. The van der Waals surface area contributed by atoms with Crippen LogP contribution in [0.1, 0.15) is 0 Å². The highest BCUT2D eigenvalue weighted by Crippen LogP contribution is 2.28. The van der Waals surface area contributed by atoms with E-state index in [1.165, 1.54) is 0 Å². The van der Waals surface area contributed by atoms with Gasteiger partial charge in [-0.05, 0) is 12.1 Å². The van der Waals surface area contributed by atoms with E-state index in [1.54, 1.807) is 13.2 Å². The Labute approximate surface area is 86.7 Å². The molecule has 0 amide bonds. The number of hydrogen-bond donors (Lipinski definition) is 1. The lowest BCUT2D eigenvalue weighted by Gasteiger charge is -2.00. The van der Waals surface area contributed by atoms with Gasteiger partial charge in [-0.3, -0.25) is 0 Å². The Kier molecular flexibility index (Phi) is 2.61. The zero-order valence-corrected chi connectivity index (χ0v) is 8.66. The summed E-state index contributed by atoms with van der Waals surface area (Å²) in [5.74, 6) is 0.315. The predicted octanol–water partition coefficient (Wildman–Crippen LogP) is 2.28. The van der Waals surface area contributed by atoms with Crippen molar-refractivity contribution in [1.29, 1.82) is 0 Å². The topological polar surface area (TPSA) is 29.5 Å². The highest BCUT2D eigenvalue weighted by Gasteiger charge is 2.10. The summed E-state index contributed by atoms with van der Waals surface area (Å²) in [7, 11) is 1.66. The van der Waals surface area contributed by atoms with E-state index in [2.05, 4.69) is 0 Å². The second-order valence-corrected chi connectivity index (χ2v) is 3.95. The molecule has 2 aromatic carbocycles. The molecule has 0 atom stereocenters. The van der Waals surface area contributed by atoms with Crippen molar-refractivity contribution in [2.45, 2.75) is 4.90 Å². The normalized spacial score (nSPS) is 10.6. The number of aromatic hydroxyl groups is 1. The molecule has 0 spiro atoms. The third-order valence-corrected chi connectivity index (χ3v) is 2.84. The minimum atomic E-state index is 0.315. The van der Waals surface area contributed by atoms with E-state index in [1.807, 2.05) is 30.3 Å². The van der Waals surface area contributed by atoms with E-state index in [-0.39, 0.29) is 0 Å². The second-order valence-electron chi connectivity index (χ2n) is 2.92. The first-order valence-corrected chi connectivity index (χ1v) is 5.09. The van der Waals surface area contributed by atoms with Crippen LogP contribution < -0.4 is 0 Å². The molecule has 1 N–H and O–H groups in total. The van der Waals surface area contributed by atoms with Gasteiger partial charge in [-0.15, -0.1) is 0 Å². The van der Waals surface area contributed by atoms with Crippen LogP contribution in [0.5, 0.6) is 5.75 Å². The highest BCUT2D eigenvalue weighted by molar-refractivity contribution is 7.73. The lowest BCUT2D eigenvalue weighted by molar-refractivity contribution is 0.480. The molecule has 0 aliphatic rings. The lowest BCUT2D eigenvalue weighted by atomic mass is 10.1. The van der Waals surface area contributed by atoms with E-state index in [0.717, 1.165) is 27.7 Å². The van der Waals surface area contributed by atoms with Gasteiger partial charge in [-0.25, -0.2) is 0 Å². The van der Waals surface area contributed by atoms with Crippen molar-refractivity contribution < 1.29 is 9.29 Å². The standard InChI is InChI=1S/C11H10O2S/c1-13-14-11-7-6-10(12)8-4-2-3-5-9(8)11/h2-7,12H,1H3/p+1. The van der Waals surface area contributed by atoms with Gasteiger partial charge in [0.25, 0.3) is 0 Å². The summed E-state index contributed by atoms with van der Waals surface area (Å²) in [4.78, 5) is 1.07. The average Bonchev–Trinajstić information content (AvgIpc) is 2.23. The molecule has 2 aromatic rings. The second kappa shape index (κ2) is 3.90. The third-order valence-electron chi connectivity index (χ3n) is 2.07. The quantitative estimate of drug-likeness (QED) is 0.604. The molecule has 2 rings (SSSR count). The Bertz CT molecular complexity index is 454. The third kappa shape index (κ3) is 1.56. The Balaban J connectivity index is 2.68. The first-order chi connectivity index (χ1) is 6.83. The first kappa shape index (κ1) is 9.37. The van der Waals surface area contributed by atoms with E-state index < -0.39 is 0 Å². The summed E-state index contributed by atoms with van der Waals surface area (Å²) in [6.07, 6.45) is 0. The van der Waals surface area contributed by atoms with E-state index in [0.29, 0.717) is 5.75 Å². The monoisotopic (exact) mass is 207 g/mol. The number of hydrogen-bond acceptors (Lipinski definition) is 2. The molecule has 0 saturated heterocycles. The summed E-state index contributed by atoms with van der Waals surface area (Å²) in [5.41, 5.74) is 0. The van der Waals surface area contributed by atoms with E-state index >= 15 is 0 Å². The average molecular weight is 207 g/mol. The van der Waals surface area contributed by atoms with Crippen molar-refractivity contribution in [1.82, 2.24) is 0 Å². The Morgan fingerprint density at radius 1 is 1.07 bits per heavy atom. The number of rotatable bonds is 2. The number of thiol groups is 1. The molecule has 0 radical (unpaired) electrons. The fraction of sp³-hybridized carbons (Fsp3) is 0.0909. The molecule has 0 bridgehead atoms. The van der Waals surface area contributed by atoms with Gasteiger partial charge in [-0.2, -0.15) is 4.18 Å². The Morgan fingerprint density at radius 3 is 2.50 bits per heavy atom. The number of phenolic OH excluding ortho intramolecular Hbond substituents is 1. The van der Waals surface area contributed by atoms with Crippen molar-refractivity contribution in [2.75, 3.05) is 7.11 Å². The van der Waals surface area contributed by atoms with Gasteiger partial charge in [0.2, 0.25) is 0 Å². The summed E-state index contributed by atoms with van der Waals surface area (Å²) in [6.45, 7) is 0. The first-order valence-electron chi connectivity index (χ1n) is 4.28. The molecule has 0 unspecified atom stereocenters. The summed E-state index contributed by atoms with van der Waals surface area (Å²) < 4.78 is 5.07. The summed E-state index contributed by atoms with van der Waals surface area (Å²) in [6, 6.07) is 11.3. The highest BCUT2D eigenvalue weighted by atomic mass is 32.2. The van der Waals surface area contributed by atoms with Crippen molar-refractivity contribution in [2.24, 2.45) is 0 Å². The zero-order chi connectivity index (χ0) is 9.97. The van der Waals surface area contributed by atoms with Gasteiger partial charge in [0, 0.05) is 16.8 Å². The van der Waals surface area contributed by atoms with Crippen LogP contribution in [0.3, 0.4) is 0 Å². The molecule has 0 aromatic heterocycles. The van der Waals surface area contributed by atoms with Gasteiger partial charge >= 0.3 is 0 Å². The Morgan fingerprint density at radius 2 is 1.79 bits per heavy atom. The maximum atomic E-state index is 9.62. The number of fused-ring (bicyclic) bond motifs is 1. The fourth-order valence-electron chi connectivity index (χ4n) is 1.45. The molecule has 0 fully saturated rings. The van der Waals surface area contributed by atoms with Crippen LogP contribution in [0, 0.1) is 0 Å². The lowest BCUT2D eigenvalue weighted by Crippen LogP contribution is -1.86. The SMILES string of the molecule is CO[SH+]c1ccc(O)c2ccccc12. The van der Waals surface area contributed by atoms with Gasteiger partial charge < -0.3 is 5.11 Å². The molecule has 72 valence electrons.